The number of anilines is 6. The molecule has 0 unspecified atom stereocenters. The van der Waals surface area contributed by atoms with Gasteiger partial charge in [-0.3, -0.25) is 19.8 Å². The molecule has 0 aliphatic carbocycles. The molecule has 6 saturated heterocycles. The second-order valence-corrected chi connectivity index (χ2v) is 22.8. The fourth-order valence-corrected chi connectivity index (χ4v) is 12.7. The zero-order valence-electron chi connectivity index (χ0n) is 48.2. The summed E-state index contributed by atoms with van der Waals surface area (Å²) >= 11 is 0. The number of piperazine rings is 2. The molecule has 22 nitrogen and oxygen atoms in total. The number of nitriles is 2. The van der Waals surface area contributed by atoms with E-state index >= 15 is 0 Å². The van der Waals surface area contributed by atoms with E-state index in [0.29, 0.717) is 37.3 Å². The van der Waals surface area contributed by atoms with Gasteiger partial charge in [-0.05, 0) is 76.2 Å². The van der Waals surface area contributed by atoms with Gasteiger partial charge in [0, 0.05) is 190 Å². The molecular weight excluding hydrogens is 1040 g/mol. The van der Waals surface area contributed by atoms with Gasteiger partial charge >= 0.3 is 0 Å². The number of pyridine rings is 2. The first-order chi connectivity index (χ1) is 39.8. The van der Waals surface area contributed by atoms with Gasteiger partial charge in [0.05, 0.1) is 70.9 Å². The first-order valence-corrected chi connectivity index (χ1v) is 28.9. The molecule has 6 aliphatic heterocycles. The average Bonchev–Trinajstić information content (AvgIpc) is 4.08. The van der Waals surface area contributed by atoms with Crippen LogP contribution in [0, 0.1) is 36.5 Å². The van der Waals surface area contributed by atoms with Crippen molar-refractivity contribution in [3.05, 3.63) is 95.6 Å². The minimum Gasteiger partial charge on any atom is -0.378 e. The van der Waals surface area contributed by atoms with E-state index in [1.165, 1.54) is 0 Å². The van der Waals surface area contributed by atoms with Gasteiger partial charge < -0.3 is 59.8 Å². The van der Waals surface area contributed by atoms with E-state index in [0.717, 1.165) is 160 Å². The van der Waals surface area contributed by atoms with Gasteiger partial charge in [0.25, 0.3) is 0 Å². The number of aryl methyl sites for hydroxylation is 2. The van der Waals surface area contributed by atoms with Crippen molar-refractivity contribution in [2.75, 3.05) is 161 Å². The predicted octanol–water partition coefficient (Wildman–Crippen LogP) is 3.57. The zero-order chi connectivity index (χ0) is 57.0. The summed E-state index contributed by atoms with van der Waals surface area (Å²) in [5, 5.41) is 21.1. The Bertz CT molecular complexity index is 3060. The molecule has 0 saturated carbocycles. The highest BCUT2D eigenvalue weighted by Gasteiger charge is 2.36. The van der Waals surface area contributed by atoms with Crippen molar-refractivity contribution in [1.29, 1.82) is 10.5 Å². The lowest BCUT2D eigenvalue weighted by atomic mass is 10.1. The Morgan fingerprint density at radius 3 is 1.32 bits per heavy atom. The van der Waals surface area contributed by atoms with Crippen molar-refractivity contribution >= 4 is 56.7 Å². The van der Waals surface area contributed by atoms with Crippen LogP contribution in [0.2, 0.25) is 0 Å². The van der Waals surface area contributed by atoms with E-state index in [1.807, 2.05) is 38.1 Å². The van der Waals surface area contributed by atoms with E-state index < -0.39 is 0 Å². The van der Waals surface area contributed by atoms with Gasteiger partial charge in [-0.15, -0.1) is 0 Å². The monoisotopic (exact) mass is 1110 g/mol. The van der Waals surface area contributed by atoms with Crippen LogP contribution in [-0.2, 0) is 18.9 Å². The molecule has 0 radical (unpaired) electrons. The average molecular weight is 1120 g/mol. The normalized spacial score (nSPS) is 25.6. The number of rotatable bonds is 12. The van der Waals surface area contributed by atoms with E-state index in [9.17, 15) is 10.5 Å². The number of nitrogens with two attached hydrogens (primary N) is 2. The quantitative estimate of drug-likeness (QED) is 0.178. The maximum absolute atomic E-state index is 9.55. The van der Waals surface area contributed by atoms with Crippen LogP contribution in [0.15, 0.2) is 73.1 Å². The third-order valence-electron chi connectivity index (χ3n) is 16.8. The number of ether oxygens (including phenoxy) is 4. The van der Waals surface area contributed by atoms with Crippen molar-refractivity contribution in [1.82, 2.24) is 39.7 Å². The zero-order valence-corrected chi connectivity index (χ0v) is 48.2. The number of fused-ring (bicyclic) bond motifs is 2. The summed E-state index contributed by atoms with van der Waals surface area (Å²) in [6.07, 6.45) is 3.90. The Labute approximate surface area is 481 Å². The Kier molecular flexibility index (Phi) is 17.4. The molecule has 432 valence electrons. The summed E-state index contributed by atoms with van der Waals surface area (Å²) in [7, 11) is 3.41. The van der Waals surface area contributed by atoms with Crippen molar-refractivity contribution in [3.8, 4) is 12.1 Å². The minimum atomic E-state index is -0.0379. The summed E-state index contributed by atoms with van der Waals surface area (Å²) in [5.41, 5.74) is 19.4. The molecule has 6 aromatic rings. The Morgan fingerprint density at radius 1 is 0.524 bits per heavy atom. The number of nitrogens with zero attached hydrogens (tertiary/aromatic N) is 16. The molecule has 82 heavy (non-hydrogen) atoms. The molecule has 0 spiro atoms. The lowest BCUT2D eigenvalue weighted by molar-refractivity contribution is -0.0329. The summed E-state index contributed by atoms with van der Waals surface area (Å²) in [6, 6.07) is 24.5. The SMILES string of the molecule is CO[C@@H]1CN(c2nc(C)cc(N3CCN(C[C@H]4CN(c5ccc(C#N)c6ncccc56)C[C@@H](C)O4)CC3)n2)C[C@H]1N.CO[C@H]1CN(c2nc(C)cc(N3CCN(C[C@H]4CN(c5ccc(C#N)c6ncccc56)C[C@@H](C)O4)CC3)n2)C[C@@H]1N. The standard InChI is InChI=1S/2C30H39N9O2/c2*1-20-13-28(35-30(34-20)39-18-25(32)27(19-39)40-3)37-11-9-36(10-12-37)16-23-17-38(15-21(2)41-23)26-7-6-22(14-31)29-24(26)5-4-8-33-29/h2*4-8,13,21,23,25,27H,9-12,15-19,32H2,1-3H3/t21-,23+,25+,27+;21-,23+,25-,27-/m11/s1. The Balaban J connectivity index is 0.000000172. The number of hydrogen-bond donors (Lipinski definition) is 2. The lowest BCUT2D eigenvalue weighted by Crippen LogP contribution is -2.54. The second kappa shape index (κ2) is 25.2. The molecule has 4 N–H and O–H groups in total. The van der Waals surface area contributed by atoms with Crippen LogP contribution < -0.4 is 40.9 Å². The number of benzene rings is 2. The van der Waals surface area contributed by atoms with Crippen LogP contribution in [-0.4, -0.2) is 220 Å². The van der Waals surface area contributed by atoms with Crippen LogP contribution >= 0.6 is 0 Å². The number of aromatic nitrogens is 6. The highest BCUT2D eigenvalue weighted by Crippen LogP contribution is 2.33. The third kappa shape index (κ3) is 12.6. The first-order valence-electron chi connectivity index (χ1n) is 28.9. The van der Waals surface area contributed by atoms with Crippen LogP contribution in [0.3, 0.4) is 0 Å². The fraction of sp³-hybridized carbons (Fsp3) is 0.533. The lowest BCUT2D eigenvalue weighted by Gasteiger charge is -2.42. The van der Waals surface area contributed by atoms with Gasteiger partial charge in [0.2, 0.25) is 11.9 Å². The molecule has 6 fully saturated rings. The first kappa shape index (κ1) is 56.7. The molecule has 2 aromatic carbocycles. The molecule has 0 amide bonds. The largest absolute Gasteiger partial charge is 0.378 e. The minimum absolute atomic E-state index is 0.000874. The Morgan fingerprint density at radius 2 is 0.939 bits per heavy atom. The van der Waals surface area contributed by atoms with Crippen LogP contribution in [0.4, 0.5) is 34.9 Å². The maximum atomic E-state index is 9.55. The molecule has 6 aliphatic rings. The molecule has 12 rings (SSSR count). The summed E-state index contributed by atoms with van der Waals surface area (Å²) in [5.74, 6) is 3.40. The van der Waals surface area contributed by atoms with E-state index in [-0.39, 0.29) is 48.7 Å². The van der Waals surface area contributed by atoms with Gasteiger partial charge in [-0.25, -0.2) is 9.97 Å². The number of hydrogen-bond acceptors (Lipinski definition) is 22. The smallest absolute Gasteiger partial charge is 0.227 e. The fourth-order valence-electron chi connectivity index (χ4n) is 12.7. The molecule has 0 bridgehead atoms. The molecular formula is C60H78N18O4. The summed E-state index contributed by atoms with van der Waals surface area (Å²) < 4.78 is 23.9. The van der Waals surface area contributed by atoms with Crippen LogP contribution in [0.5, 0.6) is 0 Å². The van der Waals surface area contributed by atoms with Crippen molar-refractivity contribution in [2.24, 2.45) is 11.5 Å². The molecule has 10 heterocycles. The predicted molar refractivity (Wildman–Crippen MR) is 319 cm³/mol. The molecule has 8 atom stereocenters. The van der Waals surface area contributed by atoms with Gasteiger partial charge in [0.15, 0.2) is 0 Å². The number of morpholine rings is 2. The molecule has 22 heteroatoms. The van der Waals surface area contributed by atoms with Crippen molar-refractivity contribution < 1.29 is 18.9 Å². The van der Waals surface area contributed by atoms with E-state index in [2.05, 4.69) is 112 Å². The topological polar surface area (TPSA) is 240 Å². The van der Waals surface area contributed by atoms with Gasteiger partial charge in [-0.2, -0.15) is 20.5 Å². The summed E-state index contributed by atoms with van der Waals surface area (Å²) in [4.78, 5) is 47.0. The van der Waals surface area contributed by atoms with Crippen molar-refractivity contribution in [3.63, 3.8) is 0 Å². The number of methoxy groups -OCH3 is 2. The van der Waals surface area contributed by atoms with Gasteiger partial charge in [0.1, 0.15) is 23.8 Å². The third-order valence-corrected chi connectivity index (χ3v) is 16.8. The van der Waals surface area contributed by atoms with Crippen LogP contribution in [0.25, 0.3) is 21.8 Å². The second-order valence-electron chi connectivity index (χ2n) is 22.8. The Hall–Kier alpha value is -7.12. The molecule has 4 aromatic heterocycles. The van der Waals surface area contributed by atoms with Crippen molar-refractivity contribution in [2.45, 2.75) is 76.4 Å². The maximum Gasteiger partial charge on any atom is 0.227 e. The van der Waals surface area contributed by atoms with Crippen LogP contribution in [0.1, 0.15) is 36.4 Å². The van der Waals surface area contributed by atoms with Gasteiger partial charge in [-0.1, -0.05) is 0 Å². The van der Waals surface area contributed by atoms with E-state index in [1.54, 1.807) is 26.6 Å². The highest BCUT2D eigenvalue weighted by atomic mass is 16.5. The van der Waals surface area contributed by atoms with E-state index in [4.69, 9.17) is 50.4 Å². The highest BCUT2D eigenvalue weighted by molar-refractivity contribution is 5.96. The summed E-state index contributed by atoms with van der Waals surface area (Å²) in [6.45, 7) is 23.4.